The molecular formula is C58H38N2. The standard InChI is InChI=1S/C58H38N2/c1-2-12-49(13-3-1)59-55-16-8-6-14-51(55)53-37-47(30-34-57(53)59)42-22-18-40(19-23-42)41-20-24-43(25-21-41)48-31-35-58-54(38-48)52-15-7-9-17-56(52)60(58)50-32-28-44(29-33-50)46-27-26-39-10-4-5-11-45(39)36-46/h1-38H. The Morgan fingerprint density at radius 2 is 0.550 bits per heavy atom. The summed E-state index contributed by atoms with van der Waals surface area (Å²) >= 11 is 0. The predicted molar refractivity (Wildman–Crippen MR) is 254 cm³/mol. The van der Waals surface area contributed by atoms with Gasteiger partial charge in [-0.1, -0.05) is 164 Å². The lowest BCUT2D eigenvalue weighted by atomic mass is 9.97. The third kappa shape index (κ3) is 5.65. The van der Waals surface area contributed by atoms with Crippen LogP contribution in [0.4, 0.5) is 0 Å². The minimum atomic E-state index is 1.16. The molecule has 0 unspecified atom stereocenters. The van der Waals surface area contributed by atoms with Gasteiger partial charge >= 0.3 is 0 Å². The molecule has 0 spiro atoms. The maximum Gasteiger partial charge on any atom is 0.0541 e. The largest absolute Gasteiger partial charge is 0.309 e. The first-order chi connectivity index (χ1) is 29.7. The van der Waals surface area contributed by atoms with E-state index >= 15 is 0 Å². The van der Waals surface area contributed by atoms with Gasteiger partial charge < -0.3 is 9.13 Å². The molecule has 60 heavy (non-hydrogen) atoms. The molecule has 2 heteroatoms. The number of hydrogen-bond acceptors (Lipinski definition) is 0. The molecule has 12 aromatic rings. The first-order valence-electron chi connectivity index (χ1n) is 20.7. The number of nitrogens with zero attached hydrogens (tertiary/aromatic N) is 2. The molecule has 0 saturated carbocycles. The summed E-state index contributed by atoms with van der Waals surface area (Å²) in [6, 6.07) is 84.1. The van der Waals surface area contributed by atoms with E-state index in [1.54, 1.807) is 0 Å². The highest BCUT2D eigenvalue weighted by atomic mass is 15.0. The second-order valence-electron chi connectivity index (χ2n) is 15.8. The van der Waals surface area contributed by atoms with Gasteiger partial charge in [0, 0.05) is 32.9 Å². The molecule has 0 saturated heterocycles. The van der Waals surface area contributed by atoms with Crippen molar-refractivity contribution < 1.29 is 0 Å². The summed E-state index contributed by atoms with van der Waals surface area (Å²) in [7, 11) is 0. The Morgan fingerprint density at radius 1 is 0.200 bits per heavy atom. The molecule has 0 aliphatic heterocycles. The van der Waals surface area contributed by atoms with Crippen LogP contribution >= 0.6 is 0 Å². The van der Waals surface area contributed by atoms with Crippen molar-refractivity contribution in [2.24, 2.45) is 0 Å². The van der Waals surface area contributed by atoms with Crippen LogP contribution in [0.25, 0.3) is 110 Å². The lowest BCUT2D eigenvalue weighted by molar-refractivity contribution is 1.18. The molecule has 280 valence electrons. The molecule has 2 nitrogen and oxygen atoms in total. The smallest absolute Gasteiger partial charge is 0.0541 e. The van der Waals surface area contributed by atoms with E-state index in [-0.39, 0.29) is 0 Å². The Hall–Kier alpha value is -7.94. The topological polar surface area (TPSA) is 9.86 Å². The molecule has 10 aromatic carbocycles. The zero-order valence-electron chi connectivity index (χ0n) is 32.8. The number of fused-ring (bicyclic) bond motifs is 7. The fourth-order valence-corrected chi connectivity index (χ4v) is 9.32. The number of aromatic nitrogens is 2. The summed E-state index contributed by atoms with van der Waals surface area (Å²) < 4.78 is 4.76. The van der Waals surface area contributed by atoms with Crippen LogP contribution in [0.15, 0.2) is 231 Å². The van der Waals surface area contributed by atoms with E-state index in [1.165, 1.54) is 105 Å². The lowest BCUT2D eigenvalue weighted by Gasteiger charge is -2.11. The number of hydrogen-bond donors (Lipinski definition) is 0. The van der Waals surface area contributed by atoms with Crippen LogP contribution in [0.5, 0.6) is 0 Å². The zero-order valence-corrected chi connectivity index (χ0v) is 32.8. The van der Waals surface area contributed by atoms with Crippen molar-refractivity contribution in [1.82, 2.24) is 9.13 Å². The van der Waals surface area contributed by atoms with Crippen LogP contribution in [-0.4, -0.2) is 9.13 Å². The molecule has 0 bridgehead atoms. The van der Waals surface area contributed by atoms with Crippen LogP contribution < -0.4 is 0 Å². The number of para-hydroxylation sites is 3. The predicted octanol–water partition coefficient (Wildman–Crippen LogP) is 15.7. The summed E-state index contributed by atoms with van der Waals surface area (Å²) in [5.41, 5.74) is 16.9. The minimum Gasteiger partial charge on any atom is -0.309 e. The van der Waals surface area contributed by atoms with Crippen molar-refractivity contribution in [1.29, 1.82) is 0 Å². The van der Waals surface area contributed by atoms with Gasteiger partial charge in [-0.25, -0.2) is 0 Å². The maximum atomic E-state index is 2.40. The van der Waals surface area contributed by atoms with E-state index in [0.29, 0.717) is 0 Å². The van der Waals surface area contributed by atoms with Crippen molar-refractivity contribution in [3.63, 3.8) is 0 Å². The Bertz CT molecular complexity index is 3550. The number of rotatable bonds is 6. The Balaban J connectivity index is 0.832. The molecule has 2 heterocycles. The molecule has 0 aliphatic rings. The van der Waals surface area contributed by atoms with E-state index in [0.717, 1.165) is 5.69 Å². The summed E-state index contributed by atoms with van der Waals surface area (Å²) in [4.78, 5) is 0. The Morgan fingerprint density at radius 3 is 1.08 bits per heavy atom. The summed E-state index contributed by atoms with van der Waals surface area (Å²) in [5.74, 6) is 0. The molecular weight excluding hydrogens is 725 g/mol. The molecule has 2 aromatic heterocycles. The molecule has 0 N–H and O–H groups in total. The zero-order chi connectivity index (χ0) is 39.6. The Labute approximate surface area is 348 Å². The van der Waals surface area contributed by atoms with E-state index in [9.17, 15) is 0 Å². The summed E-state index contributed by atoms with van der Waals surface area (Å²) in [6.07, 6.45) is 0. The van der Waals surface area contributed by atoms with Crippen LogP contribution in [-0.2, 0) is 0 Å². The highest BCUT2D eigenvalue weighted by Crippen LogP contribution is 2.38. The van der Waals surface area contributed by atoms with E-state index in [1.807, 2.05) is 0 Å². The molecule has 12 rings (SSSR count). The van der Waals surface area contributed by atoms with Gasteiger partial charge in [0.1, 0.15) is 0 Å². The lowest BCUT2D eigenvalue weighted by Crippen LogP contribution is -1.93. The van der Waals surface area contributed by atoms with Crippen LogP contribution in [0, 0.1) is 0 Å². The van der Waals surface area contributed by atoms with Gasteiger partial charge in [-0.2, -0.15) is 0 Å². The average molecular weight is 763 g/mol. The molecule has 0 radical (unpaired) electrons. The normalized spacial score (nSPS) is 11.7. The van der Waals surface area contributed by atoms with Gasteiger partial charge in [0.05, 0.1) is 22.1 Å². The average Bonchev–Trinajstić information content (AvgIpc) is 3.84. The quantitative estimate of drug-likeness (QED) is 0.160. The van der Waals surface area contributed by atoms with E-state index in [4.69, 9.17) is 0 Å². The fraction of sp³-hybridized carbons (Fsp3) is 0. The van der Waals surface area contributed by atoms with E-state index < -0.39 is 0 Å². The van der Waals surface area contributed by atoms with Gasteiger partial charge in [0.2, 0.25) is 0 Å². The van der Waals surface area contributed by atoms with Crippen molar-refractivity contribution >= 4 is 54.4 Å². The van der Waals surface area contributed by atoms with Crippen molar-refractivity contribution in [3.05, 3.63) is 231 Å². The third-order valence-electron chi connectivity index (χ3n) is 12.3. The molecule has 0 fully saturated rings. The molecule has 0 amide bonds. The van der Waals surface area contributed by atoms with Crippen LogP contribution in [0.3, 0.4) is 0 Å². The van der Waals surface area contributed by atoms with Gasteiger partial charge in [-0.05, 0) is 122 Å². The first kappa shape index (κ1) is 34.1. The highest BCUT2D eigenvalue weighted by molar-refractivity contribution is 6.11. The SMILES string of the molecule is c1ccc(-n2c3ccccc3c3cc(-c4ccc(-c5ccc(-c6ccc7c(c6)c6ccccc6n7-c6ccc(-c7ccc8ccccc8c7)cc6)cc5)cc4)ccc32)cc1. The van der Waals surface area contributed by atoms with Gasteiger partial charge in [0.15, 0.2) is 0 Å². The third-order valence-corrected chi connectivity index (χ3v) is 12.3. The highest BCUT2D eigenvalue weighted by Gasteiger charge is 2.15. The van der Waals surface area contributed by atoms with Crippen molar-refractivity contribution in [3.8, 4) is 55.9 Å². The van der Waals surface area contributed by atoms with Crippen molar-refractivity contribution in [2.45, 2.75) is 0 Å². The number of benzene rings is 10. The van der Waals surface area contributed by atoms with Crippen molar-refractivity contribution in [2.75, 3.05) is 0 Å². The fourth-order valence-electron chi connectivity index (χ4n) is 9.32. The van der Waals surface area contributed by atoms with Gasteiger partial charge in [0.25, 0.3) is 0 Å². The second kappa shape index (κ2) is 13.9. The second-order valence-corrected chi connectivity index (χ2v) is 15.8. The minimum absolute atomic E-state index is 1.16. The Kier molecular flexibility index (Phi) is 7.89. The monoisotopic (exact) mass is 762 g/mol. The van der Waals surface area contributed by atoms with Crippen LogP contribution in [0.2, 0.25) is 0 Å². The summed E-state index contributed by atoms with van der Waals surface area (Å²) in [5, 5.41) is 7.56. The summed E-state index contributed by atoms with van der Waals surface area (Å²) in [6.45, 7) is 0. The molecule has 0 aliphatic carbocycles. The first-order valence-corrected chi connectivity index (χ1v) is 20.7. The van der Waals surface area contributed by atoms with E-state index in [2.05, 4.69) is 240 Å². The molecule has 0 atom stereocenters. The van der Waals surface area contributed by atoms with Crippen LogP contribution in [0.1, 0.15) is 0 Å². The van der Waals surface area contributed by atoms with Gasteiger partial charge in [-0.15, -0.1) is 0 Å². The maximum absolute atomic E-state index is 2.40. The van der Waals surface area contributed by atoms with Gasteiger partial charge in [-0.3, -0.25) is 0 Å².